The molecular formula is C12H12F5NO2. The summed E-state index contributed by atoms with van der Waals surface area (Å²) in [6, 6.07) is 2.65. The van der Waals surface area contributed by atoms with Gasteiger partial charge < -0.3 is 10.0 Å². The van der Waals surface area contributed by atoms with Crippen molar-refractivity contribution in [3.63, 3.8) is 0 Å². The van der Waals surface area contributed by atoms with Crippen molar-refractivity contribution in [3.8, 4) is 0 Å². The molecule has 8 heteroatoms. The summed E-state index contributed by atoms with van der Waals surface area (Å²) in [7, 11) is 0. The number of aliphatic hydroxyl groups excluding tert-OH is 1. The normalized spacial score (nSPS) is 11.5. The van der Waals surface area contributed by atoms with Crippen LogP contribution in [0.2, 0.25) is 0 Å². The second-order valence-electron chi connectivity index (χ2n) is 4.08. The Labute approximate surface area is 111 Å². The van der Waals surface area contributed by atoms with Gasteiger partial charge in [-0.3, -0.25) is 4.79 Å². The molecule has 0 heterocycles. The van der Waals surface area contributed by atoms with Gasteiger partial charge >= 0.3 is 6.18 Å². The Balaban J connectivity index is 2.77. The maximum Gasteiger partial charge on any atom is 0.406 e. The van der Waals surface area contributed by atoms with Crippen LogP contribution < -0.4 is 0 Å². The van der Waals surface area contributed by atoms with Crippen LogP contribution in [0.4, 0.5) is 22.0 Å². The van der Waals surface area contributed by atoms with Crippen LogP contribution in [0.3, 0.4) is 0 Å². The lowest BCUT2D eigenvalue weighted by Gasteiger charge is -2.23. The zero-order valence-electron chi connectivity index (χ0n) is 10.3. The van der Waals surface area contributed by atoms with Gasteiger partial charge in [0.05, 0.1) is 13.0 Å². The first kappa shape index (κ1) is 16.4. The maximum absolute atomic E-state index is 12.9. The molecule has 0 fully saturated rings. The third-order valence-corrected chi connectivity index (χ3v) is 2.43. The number of nitrogens with zero attached hydrogens (tertiary/aromatic N) is 1. The third kappa shape index (κ3) is 5.12. The molecule has 0 spiro atoms. The highest BCUT2D eigenvalue weighted by atomic mass is 19.4. The third-order valence-electron chi connectivity index (χ3n) is 2.43. The lowest BCUT2D eigenvalue weighted by molar-refractivity contribution is -0.161. The first-order valence-electron chi connectivity index (χ1n) is 5.62. The van der Waals surface area contributed by atoms with Crippen molar-refractivity contribution in [1.82, 2.24) is 4.90 Å². The highest BCUT2D eigenvalue weighted by molar-refractivity contribution is 5.78. The van der Waals surface area contributed by atoms with Gasteiger partial charge in [-0.1, -0.05) is 6.07 Å². The van der Waals surface area contributed by atoms with Crippen molar-refractivity contribution in [2.75, 3.05) is 19.7 Å². The number of hydrogen-bond acceptors (Lipinski definition) is 2. The highest BCUT2D eigenvalue weighted by Crippen LogP contribution is 2.17. The Kier molecular flexibility index (Phi) is 5.43. The van der Waals surface area contributed by atoms with E-state index >= 15 is 0 Å². The number of halogens is 5. The number of alkyl halides is 3. The Morgan fingerprint density at radius 1 is 1.20 bits per heavy atom. The van der Waals surface area contributed by atoms with Gasteiger partial charge in [-0.15, -0.1) is 0 Å². The second kappa shape index (κ2) is 6.65. The van der Waals surface area contributed by atoms with Gasteiger partial charge in [0.2, 0.25) is 5.91 Å². The van der Waals surface area contributed by atoms with Crippen LogP contribution in [-0.2, 0) is 11.2 Å². The fourth-order valence-electron chi connectivity index (χ4n) is 1.57. The Hall–Kier alpha value is -1.70. The SMILES string of the molecule is O=C(Cc1ccc(F)c(F)c1)N(CCO)CC(F)(F)F. The number of hydrogen-bond donors (Lipinski definition) is 1. The molecule has 1 rings (SSSR count). The average Bonchev–Trinajstić information content (AvgIpc) is 2.31. The maximum atomic E-state index is 12.9. The zero-order chi connectivity index (χ0) is 15.3. The van der Waals surface area contributed by atoms with Gasteiger partial charge in [0, 0.05) is 6.54 Å². The standard InChI is InChI=1S/C12H12F5NO2/c13-9-2-1-8(5-10(9)14)6-11(20)18(3-4-19)7-12(15,16)17/h1-2,5,19H,3-4,6-7H2. The number of amides is 1. The van der Waals surface area contributed by atoms with E-state index < -0.39 is 49.8 Å². The van der Waals surface area contributed by atoms with E-state index in [1.165, 1.54) is 0 Å². The summed E-state index contributed by atoms with van der Waals surface area (Å²) >= 11 is 0. The average molecular weight is 297 g/mol. The number of carbonyl (C=O) groups excluding carboxylic acids is 1. The van der Waals surface area contributed by atoms with Crippen LogP contribution in [0.15, 0.2) is 18.2 Å². The Morgan fingerprint density at radius 2 is 1.85 bits per heavy atom. The minimum absolute atomic E-state index is 0.0546. The monoisotopic (exact) mass is 297 g/mol. The summed E-state index contributed by atoms with van der Waals surface area (Å²) in [6.07, 6.45) is -5.11. The fourth-order valence-corrected chi connectivity index (χ4v) is 1.57. The van der Waals surface area contributed by atoms with Crippen molar-refractivity contribution < 1.29 is 31.9 Å². The van der Waals surface area contributed by atoms with E-state index in [0.29, 0.717) is 4.90 Å². The van der Waals surface area contributed by atoms with Crippen LogP contribution >= 0.6 is 0 Å². The van der Waals surface area contributed by atoms with Crippen molar-refractivity contribution >= 4 is 5.91 Å². The van der Waals surface area contributed by atoms with Crippen LogP contribution in [-0.4, -0.2) is 41.8 Å². The first-order chi connectivity index (χ1) is 9.23. The largest absolute Gasteiger partial charge is 0.406 e. The second-order valence-corrected chi connectivity index (χ2v) is 4.08. The van der Waals surface area contributed by atoms with Crippen LogP contribution in [0.1, 0.15) is 5.56 Å². The summed E-state index contributed by atoms with van der Waals surface area (Å²) in [6.45, 7) is -2.61. The quantitative estimate of drug-likeness (QED) is 0.843. The van der Waals surface area contributed by atoms with E-state index in [1.54, 1.807) is 0 Å². The van der Waals surface area contributed by atoms with Crippen molar-refractivity contribution in [1.29, 1.82) is 0 Å². The van der Waals surface area contributed by atoms with Crippen LogP contribution in [0.25, 0.3) is 0 Å². The number of carbonyl (C=O) groups is 1. The Morgan fingerprint density at radius 3 is 2.35 bits per heavy atom. The molecule has 0 aliphatic carbocycles. The summed E-state index contributed by atoms with van der Waals surface area (Å²) < 4.78 is 62.4. The van der Waals surface area contributed by atoms with Gasteiger partial charge in [-0.25, -0.2) is 8.78 Å². The first-order valence-corrected chi connectivity index (χ1v) is 5.62. The number of aliphatic hydroxyl groups is 1. The van der Waals surface area contributed by atoms with Crippen LogP contribution in [0, 0.1) is 11.6 Å². The predicted octanol–water partition coefficient (Wildman–Crippen LogP) is 1.89. The Bertz CT molecular complexity index is 475. The molecule has 0 aliphatic rings. The van der Waals surface area contributed by atoms with Gasteiger partial charge in [0.1, 0.15) is 6.54 Å². The van der Waals surface area contributed by atoms with Gasteiger partial charge in [-0.05, 0) is 17.7 Å². The zero-order valence-corrected chi connectivity index (χ0v) is 10.3. The molecule has 0 atom stereocenters. The van der Waals surface area contributed by atoms with E-state index in [-0.39, 0.29) is 5.56 Å². The summed E-state index contributed by atoms with van der Waals surface area (Å²) in [5, 5.41) is 8.66. The van der Waals surface area contributed by atoms with Gasteiger partial charge in [-0.2, -0.15) is 13.2 Å². The van der Waals surface area contributed by atoms with Gasteiger partial charge in [0.25, 0.3) is 0 Å². The summed E-state index contributed by atoms with van der Waals surface area (Å²) in [5.41, 5.74) is 0.0546. The molecule has 1 amide bonds. The fraction of sp³-hybridized carbons (Fsp3) is 0.417. The molecule has 0 saturated carbocycles. The predicted molar refractivity (Wildman–Crippen MR) is 59.8 cm³/mol. The van der Waals surface area contributed by atoms with E-state index in [0.717, 1.165) is 18.2 Å². The lowest BCUT2D eigenvalue weighted by Crippen LogP contribution is -2.41. The van der Waals surface area contributed by atoms with Crippen molar-refractivity contribution in [3.05, 3.63) is 35.4 Å². The molecule has 112 valence electrons. The molecule has 3 nitrogen and oxygen atoms in total. The minimum Gasteiger partial charge on any atom is -0.395 e. The molecule has 0 radical (unpaired) electrons. The molecule has 20 heavy (non-hydrogen) atoms. The number of rotatable bonds is 5. The van der Waals surface area contributed by atoms with Crippen molar-refractivity contribution in [2.45, 2.75) is 12.6 Å². The molecule has 0 saturated heterocycles. The lowest BCUT2D eigenvalue weighted by atomic mass is 10.1. The molecule has 1 N–H and O–H groups in total. The van der Waals surface area contributed by atoms with E-state index in [1.807, 2.05) is 0 Å². The van der Waals surface area contributed by atoms with E-state index in [2.05, 4.69) is 0 Å². The smallest absolute Gasteiger partial charge is 0.395 e. The molecule has 0 aromatic heterocycles. The van der Waals surface area contributed by atoms with Crippen molar-refractivity contribution in [2.24, 2.45) is 0 Å². The highest BCUT2D eigenvalue weighted by Gasteiger charge is 2.32. The molecule has 0 bridgehead atoms. The number of benzene rings is 1. The molecule has 1 aromatic rings. The summed E-state index contributed by atoms with van der Waals surface area (Å²) in [4.78, 5) is 12.1. The molecule has 1 aromatic carbocycles. The topological polar surface area (TPSA) is 40.5 Å². The summed E-state index contributed by atoms with van der Waals surface area (Å²) in [5.74, 6) is -3.22. The molecule has 0 aliphatic heterocycles. The van der Waals surface area contributed by atoms with Crippen LogP contribution in [0.5, 0.6) is 0 Å². The molecular weight excluding hydrogens is 285 g/mol. The van der Waals surface area contributed by atoms with E-state index in [4.69, 9.17) is 5.11 Å². The van der Waals surface area contributed by atoms with Gasteiger partial charge in [0.15, 0.2) is 11.6 Å². The van der Waals surface area contributed by atoms with E-state index in [9.17, 15) is 26.7 Å². The molecule has 0 unspecified atom stereocenters. The minimum atomic E-state index is -4.60.